The van der Waals surface area contributed by atoms with Crippen molar-refractivity contribution in [1.29, 1.82) is 0 Å². The van der Waals surface area contributed by atoms with Crippen LogP contribution in [-0.4, -0.2) is 10.9 Å². The van der Waals surface area contributed by atoms with E-state index in [1.165, 1.54) is 56.1 Å². The minimum absolute atomic E-state index is 0.0221. The molecule has 1 fully saturated rings. The zero-order chi connectivity index (χ0) is 14.8. The van der Waals surface area contributed by atoms with Crippen LogP contribution in [0.25, 0.3) is 0 Å². The third kappa shape index (κ3) is 2.76. The Balaban J connectivity index is 2.07. The Morgan fingerprint density at radius 3 is 2.71 bits per heavy atom. The molecule has 112 valence electrons. The molecule has 1 saturated carbocycles. The molecule has 1 aliphatic carbocycles. The van der Waals surface area contributed by atoms with Crippen LogP contribution in [0.2, 0.25) is 0 Å². The van der Waals surface area contributed by atoms with Gasteiger partial charge >= 0.3 is 0 Å². The van der Waals surface area contributed by atoms with E-state index in [-0.39, 0.29) is 5.91 Å². The molecular weight excluding hydrogens is 278 g/mol. The van der Waals surface area contributed by atoms with Crippen molar-refractivity contribution < 1.29 is 4.79 Å². The lowest BCUT2D eigenvalue weighted by Gasteiger charge is -2.26. The van der Waals surface area contributed by atoms with Crippen molar-refractivity contribution in [3.63, 3.8) is 0 Å². The van der Waals surface area contributed by atoms with Crippen LogP contribution < -0.4 is 5.32 Å². The molecule has 3 heteroatoms. The summed E-state index contributed by atoms with van der Waals surface area (Å²) in [6.45, 7) is 2.22. The highest BCUT2D eigenvalue weighted by Crippen LogP contribution is 2.39. The Labute approximate surface area is 132 Å². The number of fused-ring (bicyclic) bond motifs is 1. The van der Waals surface area contributed by atoms with Gasteiger partial charge in [0.05, 0.1) is 5.56 Å². The molecule has 0 spiro atoms. The van der Waals surface area contributed by atoms with Gasteiger partial charge in [0.15, 0.2) is 0 Å². The van der Waals surface area contributed by atoms with E-state index in [2.05, 4.69) is 18.3 Å². The SMILES string of the molecule is CCCCc1ccc2c(c1C1CCCCC1)C(=O)NC2=S. The number of rotatable bonds is 4. The molecule has 0 saturated heterocycles. The minimum Gasteiger partial charge on any atom is -0.312 e. The highest BCUT2D eigenvalue weighted by atomic mass is 32.1. The summed E-state index contributed by atoms with van der Waals surface area (Å²) >= 11 is 5.31. The lowest BCUT2D eigenvalue weighted by atomic mass is 9.78. The van der Waals surface area contributed by atoms with Gasteiger partial charge in [0, 0.05) is 5.56 Å². The number of unbranched alkanes of at least 4 members (excludes halogenated alkanes) is 1. The van der Waals surface area contributed by atoms with Crippen molar-refractivity contribution in [1.82, 2.24) is 5.32 Å². The van der Waals surface area contributed by atoms with Crippen LogP contribution in [0.15, 0.2) is 12.1 Å². The average Bonchev–Trinajstić information content (AvgIpc) is 2.80. The average molecular weight is 301 g/mol. The Kier molecular flexibility index (Phi) is 4.39. The maximum absolute atomic E-state index is 12.4. The normalized spacial score (nSPS) is 18.7. The number of amides is 1. The molecule has 1 aromatic carbocycles. The van der Waals surface area contributed by atoms with Gasteiger partial charge < -0.3 is 5.32 Å². The number of carbonyl (C=O) groups is 1. The summed E-state index contributed by atoms with van der Waals surface area (Å²) in [7, 11) is 0. The second-order valence-electron chi connectivity index (χ2n) is 6.28. The Morgan fingerprint density at radius 1 is 1.24 bits per heavy atom. The quantitative estimate of drug-likeness (QED) is 0.830. The van der Waals surface area contributed by atoms with E-state index in [9.17, 15) is 4.79 Å². The number of hydrogen-bond acceptors (Lipinski definition) is 2. The van der Waals surface area contributed by atoms with Gasteiger partial charge in [-0.3, -0.25) is 4.79 Å². The topological polar surface area (TPSA) is 29.1 Å². The van der Waals surface area contributed by atoms with Crippen molar-refractivity contribution in [2.45, 2.75) is 64.2 Å². The number of aryl methyl sites for hydroxylation is 1. The van der Waals surface area contributed by atoms with Gasteiger partial charge in [0.1, 0.15) is 4.99 Å². The van der Waals surface area contributed by atoms with E-state index < -0.39 is 0 Å². The maximum atomic E-state index is 12.4. The van der Waals surface area contributed by atoms with E-state index in [4.69, 9.17) is 12.2 Å². The molecule has 3 rings (SSSR count). The fourth-order valence-electron chi connectivity index (χ4n) is 3.77. The van der Waals surface area contributed by atoms with Gasteiger partial charge in [-0.1, -0.05) is 57.0 Å². The van der Waals surface area contributed by atoms with Gasteiger partial charge in [0.2, 0.25) is 0 Å². The van der Waals surface area contributed by atoms with Crippen LogP contribution in [0.5, 0.6) is 0 Å². The number of hydrogen-bond donors (Lipinski definition) is 1. The summed E-state index contributed by atoms with van der Waals surface area (Å²) in [5, 5.41) is 2.84. The van der Waals surface area contributed by atoms with Crippen LogP contribution in [0.4, 0.5) is 0 Å². The molecule has 1 heterocycles. The zero-order valence-corrected chi connectivity index (χ0v) is 13.5. The summed E-state index contributed by atoms with van der Waals surface area (Å²) in [6, 6.07) is 4.26. The van der Waals surface area contributed by atoms with Crippen molar-refractivity contribution in [2.75, 3.05) is 0 Å². The van der Waals surface area contributed by atoms with Gasteiger partial charge in [0.25, 0.3) is 5.91 Å². The number of thiocarbonyl (C=S) groups is 1. The first kappa shape index (κ1) is 14.7. The number of nitrogens with one attached hydrogen (secondary N) is 1. The van der Waals surface area contributed by atoms with Crippen LogP contribution in [0.3, 0.4) is 0 Å². The van der Waals surface area contributed by atoms with Crippen molar-refractivity contribution >= 4 is 23.1 Å². The fraction of sp³-hybridized carbons (Fsp3) is 0.556. The van der Waals surface area contributed by atoms with E-state index >= 15 is 0 Å². The Morgan fingerprint density at radius 2 is 2.00 bits per heavy atom. The first-order valence-electron chi connectivity index (χ1n) is 8.23. The lowest BCUT2D eigenvalue weighted by Crippen LogP contribution is -2.20. The highest BCUT2D eigenvalue weighted by Gasteiger charge is 2.31. The third-order valence-corrected chi connectivity index (χ3v) is 5.17. The predicted molar refractivity (Wildman–Crippen MR) is 90.0 cm³/mol. The van der Waals surface area contributed by atoms with Crippen LogP contribution in [0, 0.1) is 0 Å². The summed E-state index contributed by atoms with van der Waals surface area (Å²) in [5.74, 6) is 0.570. The third-order valence-electron chi connectivity index (χ3n) is 4.85. The molecule has 1 aromatic rings. The number of benzene rings is 1. The summed E-state index contributed by atoms with van der Waals surface area (Å²) in [4.78, 5) is 13.0. The first-order valence-corrected chi connectivity index (χ1v) is 8.64. The lowest BCUT2D eigenvalue weighted by molar-refractivity contribution is 0.0982. The molecule has 2 nitrogen and oxygen atoms in total. The molecule has 0 aromatic heterocycles. The van der Waals surface area contributed by atoms with Crippen molar-refractivity contribution in [2.24, 2.45) is 0 Å². The Hall–Kier alpha value is -1.22. The number of carbonyl (C=O) groups excluding carboxylic acids is 1. The largest absolute Gasteiger partial charge is 0.312 e. The first-order chi connectivity index (χ1) is 10.2. The summed E-state index contributed by atoms with van der Waals surface area (Å²) in [5.41, 5.74) is 4.54. The molecular formula is C18H23NOS. The van der Waals surface area contributed by atoms with Crippen molar-refractivity contribution in [3.8, 4) is 0 Å². The fourth-order valence-corrected chi connectivity index (χ4v) is 4.04. The van der Waals surface area contributed by atoms with E-state index in [1.54, 1.807) is 0 Å². The Bertz CT molecular complexity index is 573. The van der Waals surface area contributed by atoms with E-state index in [0.717, 1.165) is 17.5 Å². The molecule has 1 N–H and O–H groups in total. The van der Waals surface area contributed by atoms with Crippen LogP contribution in [-0.2, 0) is 6.42 Å². The van der Waals surface area contributed by atoms with E-state index in [1.807, 2.05) is 6.07 Å². The highest BCUT2D eigenvalue weighted by molar-refractivity contribution is 7.80. The molecule has 1 aliphatic heterocycles. The molecule has 0 atom stereocenters. The maximum Gasteiger partial charge on any atom is 0.257 e. The van der Waals surface area contributed by atoms with Gasteiger partial charge in [-0.15, -0.1) is 0 Å². The van der Waals surface area contributed by atoms with E-state index in [0.29, 0.717) is 10.9 Å². The second kappa shape index (κ2) is 6.27. The molecule has 21 heavy (non-hydrogen) atoms. The smallest absolute Gasteiger partial charge is 0.257 e. The van der Waals surface area contributed by atoms with Gasteiger partial charge in [-0.2, -0.15) is 0 Å². The van der Waals surface area contributed by atoms with Crippen LogP contribution in [0.1, 0.15) is 84.8 Å². The van der Waals surface area contributed by atoms with Crippen LogP contribution >= 0.6 is 12.2 Å². The van der Waals surface area contributed by atoms with Gasteiger partial charge in [-0.25, -0.2) is 0 Å². The second-order valence-corrected chi connectivity index (χ2v) is 6.69. The zero-order valence-electron chi connectivity index (χ0n) is 12.7. The van der Waals surface area contributed by atoms with Crippen molar-refractivity contribution in [3.05, 3.63) is 34.4 Å². The molecule has 0 radical (unpaired) electrons. The standard InChI is InChI=1S/C18H23NOS/c1-2-3-7-13-10-11-14-16(17(20)19-18(14)21)15(13)12-8-5-4-6-9-12/h10-12H,2-9H2,1H3,(H,19,20,21). The molecule has 1 amide bonds. The molecule has 2 aliphatic rings. The summed E-state index contributed by atoms with van der Waals surface area (Å²) < 4.78 is 0. The monoisotopic (exact) mass is 301 g/mol. The minimum atomic E-state index is 0.0221. The van der Waals surface area contributed by atoms with Gasteiger partial charge in [-0.05, 0) is 42.7 Å². The predicted octanol–water partition coefficient (Wildman–Crippen LogP) is 4.50. The summed E-state index contributed by atoms with van der Waals surface area (Å²) in [6.07, 6.45) is 9.79. The molecule has 0 bridgehead atoms. The molecule has 0 unspecified atom stereocenters.